The number of thiophene rings is 1. The first kappa shape index (κ1) is 21.1. The quantitative estimate of drug-likeness (QED) is 0.271. The molecular formula is C19H16N4O5S2. The summed E-state index contributed by atoms with van der Waals surface area (Å²) >= 11 is 5.73. The maximum absolute atomic E-state index is 12.7. The van der Waals surface area contributed by atoms with E-state index in [1.165, 1.54) is 7.11 Å². The van der Waals surface area contributed by atoms with Gasteiger partial charge in [-0.25, -0.2) is 9.79 Å². The Kier molecular flexibility index (Phi) is 6.23. The van der Waals surface area contributed by atoms with Crippen LogP contribution in [-0.2, 0) is 4.74 Å². The number of anilines is 1. The molecule has 2 heterocycles. The number of aromatic nitrogens is 2. The number of hydrogen-bond donors (Lipinski definition) is 4. The Morgan fingerprint density at radius 2 is 1.97 bits per heavy atom. The van der Waals surface area contributed by atoms with Crippen LogP contribution in [0.5, 0.6) is 5.88 Å². The number of nitrogens with zero attached hydrogens (tertiary/aromatic N) is 1. The van der Waals surface area contributed by atoms with Gasteiger partial charge in [0.05, 0.1) is 12.0 Å². The molecule has 0 unspecified atom stereocenters. The normalized spacial score (nSPS) is 10.9. The lowest BCUT2D eigenvalue weighted by Gasteiger charge is -2.04. The number of methoxy groups -OCH3 is 1. The summed E-state index contributed by atoms with van der Waals surface area (Å²) in [5.41, 5.74) is 0.237. The maximum atomic E-state index is 12.7. The topological polar surface area (TPSA) is 137 Å². The van der Waals surface area contributed by atoms with Crippen molar-refractivity contribution in [2.24, 2.45) is 4.99 Å². The van der Waals surface area contributed by atoms with E-state index in [0.717, 1.165) is 17.6 Å². The summed E-state index contributed by atoms with van der Waals surface area (Å²) in [6.45, 7) is 1.60. The average Bonchev–Trinajstić information content (AvgIpc) is 3.03. The van der Waals surface area contributed by atoms with Gasteiger partial charge in [-0.1, -0.05) is 18.2 Å². The highest BCUT2D eigenvalue weighted by Gasteiger charge is 2.25. The molecule has 2 aromatic heterocycles. The second-order valence-corrected chi connectivity index (χ2v) is 7.38. The van der Waals surface area contributed by atoms with Crippen LogP contribution in [0, 0.1) is 11.7 Å². The summed E-state index contributed by atoms with van der Waals surface area (Å²) < 4.78 is 4.76. The first-order valence-electron chi connectivity index (χ1n) is 8.49. The zero-order valence-corrected chi connectivity index (χ0v) is 17.4. The van der Waals surface area contributed by atoms with Crippen LogP contribution in [0.25, 0.3) is 0 Å². The van der Waals surface area contributed by atoms with Crippen molar-refractivity contribution < 1.29 is 19.4 Å². The molecular weight excluding hydrogens is 428 g/mol. The molecule has 154 valence electrons. The Balaban J connectivity index is 2.03. The van der Waals surface area contributed by atoms with E-state index >= 15 is 0 Å². The molecule has 30 heavy (non-hydrogen) atoms. The molecule has 1 aromatic carbocycles. The van der Waals surface area contributed by atoms with Crippen molar-refractivity contribution >= 4 is 52.3 Å². The van der Waals surface area contributed by atoms with Gasteiger partial charge in [-0.2, -0.15) is 0 Å². The number of benzene rings is 1. The number of aromatic hydroxyl groups is 1. The molecule has 0 atom stereocenters. The summed E-state index contributed by atoms with van der Waals surface area (Å²) in [5, 5.41) is 12.8. The number of nitrogens with one attached hydrogen (secondary N) is 3. The Labute approximate surface area is 179 Å². The highest BCUT2D eigenvalue weighted by atomic mass is 32.1. The molecule has 3 rings (SSSR count). The van der Waals surface area contributed by atoms with Gasteiger partial charge in [0, 0.05) is 11.9 Å². The third-order valence-electron chi connectivity index (χ3n) is 4.03. The zero-order chi connectivity index (χ0) is 21.8. The van der Waals surface area contributed by atoms with Crippen LogP contribution in [-0.4, -0.2) is 40.3 Å². The first-order chi connectivity index (χ1) is 14.3. The van der Waals surface area contributed by atoms with Crippen LogP contribution in [0.15, 0.2) is 40.1 Å². The summed E-state index contributed by atoms with van der Waals surface area (Å²) in [5.74, 6) is -1.57. The van der Waals surface area contributed by atoms with E-state index in [0.29, 0.717) is 11.3 Å². The van der Waals surface area contributed by atoms with E-state index < -0.39 is 23.3 Å². The molecule has 9 nitrogen and oxygen atoms in total. The van der Waals surface area contributed by atoms with E-state index in [1.807, 2.05) is 6.07 Å². The van der Waals surface area contributed by atoms with E-state index in [4.69, 9.17) is 17.0 Å². The van der Waals surface area contributed by atoms with Gasteiger partial charge in [0.1, 0.15) is 16.1 Å². The Morgan fingerprint density at radius 1 is 1.27 bits per heavy atom. The standard InChI is InChI=1S/C19H16N4O5S2/c1-9-12(18(27)28-2)17(20-8-11-14(24)22-19(29)23-15(11)25)30-13(9)16(26)21-10-6-4-3-5-7-10/h3-8H,1-2H3,(H,21,26)(H3,22,23,24,25,29). The van der Waals surface area contributed by atoms with E-state index in [-0.39, 0.29) is 25.8 Å². The predicted molar refractivity (Wildman–Crippen MR) is 116 cm³/mol. The summed E-state index contributed by atoms with van der Waals surface area (Å²) in [6.07, 6.45) is 1.08. The van der Waals surface area contributed by atoms with Crippen LogP contribution in [0.4, 0.5) is 10.7 Å². The van der Waals surface area contributed by atoms with Crippen LogP contribution in [0.3, 0.4) is 0 Å². The van der Waals surface area contributed by atoms with Crippen molar-refractivity contribution in [2.45, 2.75) is 6.92 Å². The third kappa shape index (κ3) is 4.36. The van der Waals surface area contributed by atoms with Crippen molar-refractivity contribution in [2.75, 3.05) is 12.4 Å². The van der Waals surface area contributed by atoms with Crippen LogP contribution in [0.2, 0.25) is 0 Å². The van der Waals surface area contributed by atoms with Gasteiger partial charge in [0.25, 0.3) is 11.5 Å². The van der Waals surface area contributed by atoms with Crippen LogP contribution in [0.1, 0.15) is 31.2 Å². The lowest BCUT2D eigenvalue weighted by molar-refractivity contribution is 0.0601. The number of ether oxygens (including phenoxy) is 1. The Hall–Kier alpha value is -3.57. The number of carbonyl (C=O) groups excluding carboxylic acids is 2. The molecule has 0 fully saturated rings. The number of esters is 1. The number of rotatable bonds is 5. The molecule has 11 heteroatoms. The first-order valence-corrected chi connectivity index (χ1v) is 9.72. The van der Waals surface area contributed by atoms with Crippen molar-refractivity contribution in [3.05, 3.63) is 67.0 Å². The smallest absolute Gasteiger partial charge is 0.341 e. The molecule has 0 spiro atoms. The molecule has 3 aromatic rings. The number of amides is 1. The summed E-state index contributed by atoms with van der Waals surface area (Å²) in [6, 6.07) is 8.84. The van der Waals surface area contributed by atoms with E-state index in [9.17, 15) is 19.5 Å². The third-order valence-corrected chi connectivity index (χ3v) is 5.43. The molecule has 4 N–H and O–H groups in total. The zero-order valence-electron chi connectivity index (χ0n) is 15.8. The number of para-hydroxylation sites is 1. The number of aliphatic imine (C=N–C) groups is 1. The fourth-order valence-corrected chi connectivity index (χ4v) is 3.81. The van der Waals surface area contributed by atoms with Crippen molar-refractivity contribution in [1.82, 2.24) is 9.97 Å². The van der Waals surface area contributed by atoms with Crippen molar-refractivity contribution in [3.63, 3.8) is 0 Å². The lowest BCUT2D eigenvalue weighted by atomic mass is 10.1. The highest BCUT2D eigenvalue weighted by molar-refractivity contribution is 7.71. The lowest BCUT2D eigenvalue weighted by Crippen LogP contribution is -2.13. The monoisotopic (exact) mass is 444 g/mol. The minimum Gasteiger partial charge on any atom is -0.494 e. The highest BCUT2D eigenvalue weighted by Crippen LogP contribution is 2.36. The van der Waals surface area contributed by atoms with Gasteiger partial charge in [-0.15, -0.1) is 11.3 Å². The molecule has 0 aliphatic carbocycles. The number of aromatic amines is 2. The minimum atomic E-state index is -0.680. The van der Waals surface area contributed by atoms with Crippen molar-refractivity contribution in [3.8, 4) is 5.88 Å². The molecule has 0 radical (unpaired) electrons. The average molecular weight is 444 g/mol. The van der Waals surface area contributed by atoms with Gasteiger partial charge < -0.3 is 20.1 Å². The van der Waals surface area contributed by atoms with Gasteiger partial charge in [0.15, 0.2) is 4.77 Å². The molecule has 0 aliphatic rings. The number of carbonyl (C=O) groups is 2. The van der Waals surface area contributed by atoms with Gasteiger partial charge >= 0.3 is 5.97 Å². The number of hydrogen-bond acceptors (Lipinski definition) is 8. The molecule has 1 amide bonds. The molecule has 0 saturated carbocycles. The Bertz CT molecular complexity index is 1260. The fraction of sp³-hybridized carbons (Fsp3) is 0.105. The SMILES string of the molecule is COC(=O)c1c(N=Cc2c(O)[nH]c(=S)[nH]c2=O)sc(C(=O)Nc2ccccc2)c1C. The summed E-state index contributed by atoms with van der Waals surface area (Å²) in [7, 11) is 1.21. The second kappa shape index (κ2) is 8.84. The van der Waals surface area contributed by atoms with Crippen LogP contribution < -0.4 is 10.9 Å². The van der Waals surface area contributed by atoms with Gasteiger partial charge in [-0.3, -0.25) is 14.6 Å². The minimum absolute atomic E-state index is 0.0447. The largest absolute Gasteiger partial charge is 0.494 e. The van der Waals surface area contributed by atoms with Crippen molar-refractivity contribution in [1.29, 1.82) is 0 Å². The number of H-pyrrole nitrogens is 2. The maximum Gasteiger partial charge on any atom is 0.341 e. The van der Waals surface area contributed by atoms with Gasteiger partial charge in [0.2, 0.25) is 5.88 Å². The van der Waals surface area contributed by atoms with E-state index in [1.54, 1.807) is 31.2 Å². The molecule has 0 bridgehead atoms. The Morgan fingerprint density at radius 3 is 2.60 bits per heavy atom. The van der Waals surface area contributed by atoms with Gasteiger partial charge in [-0.05, 0) is 36.8 Å². The predicted octanol–water partition coefficient (Wildman–Crippen LogP) is 3.30. The van der Waals surface area contributed by atoms with Crippen LogP contribution >= 0.6 is 23.6 Å². The summed E-state index contributed by atoms with van der Waals surface area (Å²) in [4.78, 5) is 46.1. The molecule has 0 saturated heterocycles. The second-order valence-electron chi connectivity index (χ2n) is 5.98. The fourth-order valence-electron chi connectivity index (χ4n) is 2.58. The molecule has 0 aliphatic heterocycles. The van der Waals surface area contributed by atoms with E-state index in [2.05, 4.69) is 20.3 Å².